The zero-order valence-corrected chi connectivity index (χ0v) is 24.3. The van der Waals surface area contributed by atoms with Crippen molar-refractivity contribution in [2.24, 2.45) is 0 Å². The third kappa shape index (κ3) is 6.73. The van der Waals surface area contributed by atoms with Gasteiger partial charge in [0, 0.05) is 13.0 Å². The highest BCUT2D eigenvalue weighted by Gasteiger charge is 2.50. The van der Waals surface area contributed by atoms with Crippen LogP contribution in [0, 0.1) is 0 Å². The molecule has 0 bridgehead atoms. The molecule has 3 aromatic carbocycles. The second-order valence-corrected chi connectivity index (χ2v) is 17.6. The number of alkyl halides is 1. The van der Waals surface area contributed by atoms with Gasteiger partial charge in [0.2, 0.25) is 0 Å². The van der Waals surface area contributed by atoms with Crippen molar-refractivity contribution in [3.8, 4) is 0 Å². The van der Waals surface area contributed by atoms with E-state index in [1.54, 1.807) is 18.2 Å². The van der Waals surface area contributed by atoms with Crippen molar-refractivity contribution in [1.29, 1.82) is 0 Å². The summed E-state index contributed by atoms with van der Waals surface area (Å²) < 4.78 is 32.0. The van der Waals surface area contributed by atoms with Crippen LogP contribution in [0.2, 0.25) is 5.04 Å². The van der Waals surface area contributed by atoms with Gasteiger partial charge in [-0.2, -0.15) is 0 Å². The van der Waals surface area contributed by atoms with Crippen LogP contribution in [-0.2, 0) is 14.3 Å². The highest BCUT2D eigenvalue weighted by molar-refractivity contribution is 9.09. The lowest BCUT2D eigenvalue weighted by Gasteiger charge is -2.43. The normalized spacial score (nSPS) is 15.3. The van der Waals surface area contributed by atoms with E-state index in [0.29, 0.717) is 0 Å². The number of aliphatic hydroxyl groups excluding tert-OH is 2. The van der Waals surface area contributed by atoms with Crippen LogP contribution in [0.25, 0.3) is 0 Å². The second-order valence-electron chi connectivity index (χ2n) is 10.0. The van der Waals surface area contributed by atoms with Crippen molar-refractivity contribution < 1.29 is 23.1 Å². The van der Waals surface area contributed by atoms with E-state index in [1.165, 1.54) is 12.1 Å². The Hall–Kier alpha value is -1.81. The first kappa shape index (κ1) is 28.8. The number of hydrogen-bond acceptors (Lipinski definition) is 5. The van der Waals surface area contributed by atoms with Gasteiger partial charge in [-0.05, 0) is 27.5 Å². The predicted octanol–water partition coefficient (Wildman–Crippen LogP) is 3.91. The molecule has 0 aromatic heterocycles. The minimum Gasteiger partial charge on any atom is -0.406 e. The maximum atomic E-state index is 12.6. The Bertz CT molecular complexity index is 1150. The molecule has 0 radical (unpaired) electrons. The third-order valence-corrected chi connectivity index (χ3v) is 14.0. The van der Waals surface area contributed by atoms with E-state index in [-0.39, 0.29) is 23.0 Å². The Labute approximate surface area is 224 Å². The molecule has 0 amide bonds. The van der Waals surface area contributed by atoms with Crippen LogP contribution < -0.4 is 10.4 Å². The van der Waals surface area contributed by atoms with E-state index in [0.717, 1.165) is 10.4 Å². The van der Waals surface area contributed by atoms with Crippen molar-refractivity contribution in [1.82, 2.24) is 0 Å². The zero-order chi connectivity index (χ0) is 26.4. The lowest BCUT2D eigenvalue weighted by molar-refractivity contribution is 0.0810. The van der Waals surface area contributed by atoms with Gasteiger partial charge < -0.3 is 14.6 Å². The lowest BCUT2D eigenvalue weighted by atomic mass is 10.1. The molecule has 0 spiro atoms. The van der Waals surface area contributed by atoms with Gasteiger partial charge in [-0.15, -0.1) is 0 Å². The van der Waals surface area contributed by atoms with Crippen molar-refractivity contribution in [2.75, 3.05) is 12.4 Å². The number of sulfone groups is 1. The lowest BCUT2D eigenvalue weighted by Crippen LogP contribution is -2.67. The van der Waals surface area contributed by atoms with Gasteiger partial charge in [-0.25, -0.2) is 8.42 Å². The van der Waals surface area contributed by atoms with Crippen LogP contribution in [-0.4, -0.2) is 56.3 Å². The number of hydrogen-bond donors (Lipinski definition) is 2. The van der Waals surface area contributed by atoms with Crippen molar-refractivity contribution in [3.63, 3.8) is 0 Å². The van der Waals surface area contributed by atoms with Gasteiger partial charge in [-0.1, -0.05) is 116 Å². The van der Waals surface area contributed by atoms with Crippen molar-refractivity contribution in [2.45, 2.75) is 54.2 Å². The number of rotatable bonds is 11. The van der Waals surface area contributed by atoms with Crippen molar-refractivity contribution >= 4 is 44.5 Å². The average Bonchev–Trinajstić information content (AvgIpc) is 2.85. The highest BCUT2D eigenvalue weighted by atomic mass is 79.9. The topological polar surface area (TPSA) is 83.8 Å². The second kappa shape index (κ2) is 12.2. The van der Waals surface area contributed by atoms with E-state index in [1.807, 2.05) is 36.4 Å². The standard InChI is InChI=1S/C28H35BrO5SSi/c1-28(2,3)36(24-15-9-5-10-16-24,25-17-11-6-12-18-25)34-20-26(29)27(31)19-22(30)21-35(32,33)23-13-7-4-8-14-23/h4-18,22,26-27,30-31H,19-21H2,1-3H3/t22-,26-,27+/m0/s1. The largest absolute Gasteiger partial charge is 0.406 e. The van der Waals surface area contributed by atoms with Gasteiger partial charge in [0.25, 0.3) is 8.32 Å². The zero-order valence-electron chi connectivity index (χ0n) is 20.9. The van der Waals surface area contributed by atoms with Crippen LogP contribution in [0.3, 0.4) is 0 Å². The maximum absolute atomic E-state index is 12.6. The molecule has 3 aromatic rings. The summed E-state index contributed by atoms with van der Waals surface area (Å²) in [6.07, 6.45) is -2.30. The molecule has 2 N–H and O–H groups in total. The van der Waals surface area contributed by atoms with Crippen molar-refractivity contribution in [3.05, 3.63) is 91.0 Å². The van der Waals surface area contributed by atoms with E-state index >= 15 is 0 Å². The van der Waals surface area contributed by atoms with Crippen LogP contribution in [0.1, 0.15) is 27.2 Å². The number of aliphatic hydroxyl groups is 2. The van der Waals surface area contributed by atoms with E-state index < -0.39 is 40.9 Å². The fraction of sp³-hybridized carbons (Fsp3) is 0.357. The van der Waals surface area contributed by atoms with Crippen LogP contribution in [0.5, 0.6) is 0 Å². The van der Waals surface area contributed by atoms with Gasteiger partial charge in [0.05, 0.1) is 27.7 Å². The highest BCUT2D eigenvalue weighted by Crippen LogP contribution is 2.37. The summed E-state index contributed by atoms with van der Waals surface area (Å²) in [5.41, 5.74) is 0. The van der Waals surface area contributed by atoms with E-state index in [2.05, 4.69) is 61.0 Å². The monoisotopic (exact) mass is 590 g/mol. The molecule has 0 aliphatic heterocycles. The molecule has 3 rings (SSSR count). The Morgan fingerprint density at radius 1 is 0.833 bits per heavy atom. The predicted molar refractivity (Wildman–Crippen MR) is 151 cm³/mol. The molecule has 194 valence electrons. The Balaban J connectivity index is 1.76. The summed E-state index contributed by atoms with van der Waals surface area (Å²) in [7, 11) is -6.44. The number of benzene rings is 3. The summed E-state index contributed by atoms with van der Waals surface area (Å²) in [5.74, 6) is -0.455. The molecule has 0 heterocycles. The molecule has 36 heavy (non-hydrogen) atoms. The maximum Gasteiger partial charge on any atom is 0.261 e. The van der Waals surface area contributed by atoms with Gasteiger partial charge >= 0.3 is 0 Å². The number of halogens is 1. The molecule has 0 unspecified atom stereocenters. The SMILES string of the molecule is CC(C)(C)[Si](OC[C@H](Br)[C@H](O)C[C@H](O)CS(=O)(=O)c1ccccc1)(c1ccccc1)c1ccccc1. The summed E-state index contributed by atoms with van der Waals surface area (Å²) >= 11 is 3.55. The smallest absolute Gasteiger partial charge is 0.261 e. The fourth-order valence-corrected chi connectivity index (χ4v) is 11.1. The molecular formula is C28H35BrO5SSi. The molecular weight excluding hydrogens is 556 g/mol. The van der Waals surface area contributed by atoms with Crippen LogP contribution >= 0.6 is 15.9 Å². The molecule has 0 saturated carbocycles. The Morgan fingerprint density at radius 2 is 1.28 bits per heavy atom. The van der Waals surface area contributed by atoms with Gasteiger partial charge in [0.15, 0.2) is 9.84 Å². The minimum atomic E-state index is -3.66. The summed E-state index contributed by atoms with van der Waals surface area (Å²) in [6.45, 7) is 6.73. The van der Waals surface area contributed by atoms with Gasteiger partial charge in [0.1, 0.15) is 0 Å². The summed E-state index contributed by atoms with van der Waals surface area (Å²) in [4.78, 5) is -0.336. The molecule has 0 saturated heterocycles. The molecule has 5 nitrogen and oxygen atoms in total. The molecule has 0 aliphatic rings. The molecule has 3 atom stereocenters. The van der Waals surface area contributed by atoms with Crippen LogP contribution in [0.4, 0.5) is 0 Å². The van der Waals surface area contributed by atoms with E-state index in [4.69, 9.17) is 4.43 Å². The molecule has 0 aliphatic carbocycles. The van der Waals surface area contributed by atoms with E-state index in [9.17, 15) is 18.6 Å². The molecule has 8 heteroatoms. The van der Waals surface area contributed by atoms with Gasteiger partial charge in [-0.3, -0.25) is 0 Å². The Kier molecular flexibility index (Phi) is 9.71. The third-order valence-electron chi connectivity index (χ3n) is 6.32. The first-order valence-corrected chi connectivity index (χ1v) is 16.5. The summed E-state index contributed by atoms with van der Waals surface area (Å²) in [6, 6.07) is 28.4. The molecule has 0 fully saturated rings. The first-order valence-electron chi connectivity index (χ1n) is 12.0. The van der Waals surface area contributed by atoms with Crippen LogP contribution in [0.15, 0.2) is 95.9 Å². The first-order chi connectivity index (χ1) is 17.0. The Morgan fingerprint density at radius 3 is 1.72 bits per heavy atom. The minimum absolute atomic E-state index is 0.0912. The summed E-state index contributed by atoms with van der Waals surface area (Å²) in [5, 5.41) is 23.4. The quantitative estimate of drug-likeness (QED) is 0.261. The average molecular weight is 592 g/mol. The fourth-order valence-electron chi connectivity index (χ4n) is 4.55.